The predicted octanol–water partition coefficient (Wildman–Crippen LogP) is 4.53. The molecule has 9 heteroatoms. The molecule has 0 unspecified atom stereocenters. The van der Waals surface area contributed by atoms with Crippen molar-refractivity contribution in [2.45, 2.75) is 39.5 Å². The van der Waals surface area contributed by atoms with Crippen molar-refractivity contribution in [3.05, 3.63) is 70.8 Å². The molecule has 0 amide bonds. The zero-order chi connectivity index (χ0) is 24.1. The third-order valence-electron chi connectivity index (χ3n) is 4.46. The number of ether oxygens (including phenoxy) is 2. The van der Waals surface area contributed by atoms with Gasteiger partial charge in [-0.3, -0.25) is 0 Å². The van der Waals surface area contributed by atoms with Gasteiger partial charge in [-0.1, -0.05) is 0 Å². The van der Waals surface area contributed by atoms with Crippen molar-refractivity contribution in [2.24, 2.45) is 0 Å². The van der Waals surface area contributed by atoms with Crippen molar-refractivity contribution in [3.63, 3.8) is 0 Å². The molecule has 0 atom stereocenters. The quantitative estimate of drug-likeness (QED) is 0.243. The van der Waals surface area contributed by atoms with Gasteiger partial charge in [0.05, 0.1) is 0 Å². The van der Waals surface area contributed by atoms with Crippen LogP contribution in [-0.2, 0) is 36.0 Å². The van der Waals surface area contributed by atoms with E-state index in [2.05, 4.69) is 0 Å². The third kappa shape index (κ3) is 8.15. The Labute approximate surface area is 202 Å². The molecule has 8 nitrogen and oxygen atoms in total. The molecule has 0 aliphatic heterocycles. The summed E-state index contributed by atoms with van der Waals surface area (Å²) in [6, 6.07) is 12.2. The number of carbonyl (C=O) groups is 4. The van der Waals surface area contributed by atoms with E-state index in [1.807, 2.05) is 13.8 Å². The number of hydrogen-bond donors (Lipinski definition) is 0. The summed E-state index contributed by atoms with van der Waals surface area (Å²) < 4.78 is 20.6. The predicted molar refractivity (Wildman–Crippen MR) is 114 cm³/mol. The average Bonchev–Trinajstić information content (AvgIpc) is 2.84. The van der Waals surface area contributed by atoms with Crippen molar-refractivity contribution in [3.8, 4) is 0 Å². The molecular formula is C24H26O8Ti. The van der Waals surface area contributed by atoms with Crippen molar-refractivity contribution >= 4 is 23.9 Å². The van der Waals surface area contributed by atoms with Crippen molar-refractivity contribution < 1.29 is 55.2 Å². The summed E-state index contributed by atoms with van der Waals surface area (Å²) >= 11 is -1.96. The van der Waals surface area contributed by atoms with Gasteiger partial charge in [0.25, 0.3) is 0 Å². The standard InChI is InChI=1S/2C12H14O4.Ti/c2*1-2-3-8-16-12(15)10-7-5-4-6-9(10)11(13)14;/h2*4-7H,2-3,8H2,1H3,(H,13,14);/q;;+2/p-2. The second-order valence-corrected chi connectivity index (χ2v) is 7.83. The molecule has 0 fully saturated rings. The number of benzene rings is 2. The summed E-state index contributed by atoms with van der Waals surface area (Å²) in [5, 5.41) is 0. The molecule has 0 aliphatic carbocycles. The number of hydrogen-bond acceptors (Lipinski definition) is 8. The van der Waals surface area contributed by atoms with Crippen LogP contribution >= 0.6 is 0 Å². The molecule has 2 aromatic carbocycles. The van der Waals surface area contributed by atoms with Crippen LogP contribution in [-0.4, -0.2) is 37.1 Å². The monoisotopic (exact) mass is 490 g/mol. The molecule has 0 spiro atoms. The Morgan fingerprint density at radius 2 is 0.939 bits per heavy atom. The first-order chi connectivity index (χ1) is 16.0. The molecule has 2 aromatic rings. The molecule has 174 valence electrons. The van der Waals surface area contributed by atoms with Crippen LogP contribution in [0.15, 0.2) is 48.5 Å². The normalized spacial score (nSPS) is 10.1. The van der Waals surface area contributed by atoms with Crippen LogP contribution in [0.2, 0.25) is 0 Å². The fourth-order valence-corrected chi connectivity index (χ4v) is 3.30. The van der Waals surface area contributed by atoms with E-state index in [-0.39, 0.29) is 35.5 Å². The molecule has 0 aliphatic rings. The maximum absolute atomic E-state index is 12.5. The van der Waals surface area contributed by atoms with Gasteiger partial charge in [0.2, 0.25) is 0 Å². The van der Waals surface area contributed by atoms with E-state index in [1.54, 1.807) is 24.3 Å². The fraction of sp³-hybridized carbons (Fsp3) is 0.333. The summed E-state index contributed by atoms with van der Waals surface area (Å²) in [5.41, 5.74) is 0.214. The summed E-state index contributed by atoms with van der Waals surface area (Å²) in [6.45, 7) is 4.45. The van der Waals surface area contributed by atoms with E-state index in [4.69, 9.17) is 16.1 Å². The van der Waals surface area contributed by atoms with Gasteiger partial charge in [0.1, 0.15) is 0 Å². The topological polar surface area (TPSA) is 105 Å². The number of carbonyl (C=O) groups excluding carboxylic acids is 4. The van der Waals surface area contributed by atoms with E-state index < -0.39 is 43.8 Å². The first-order valence-electron chi connectivity index (χ1n) is 10.7. The van der Waals surface area contributed by atoms with Gasteiger partial charge < -0.3 is 0 Å². The van der Waals surface area contributed by atoms with Crippen LogP contribution in [0, 0.1) is 0 Å². The van der Waals surface area contributed by atoms with Crippen molar-refractivity contribution in [1.29, 1.82) is 0 Å². The Balaban J connectivity index is 1.98. The molecule has 0 saturated heterocycles. The molecule has 0 bridgehead atoms. The average molecular weight is 490 g/mol. The molecule has 0 radical (unpaired) electrons. The molecule has 33 heavy (non-hydrogen) atoms. The van der Waals surface area contributed by atoms with Gasteiger partial charge in [-0.25, -0.2) is 0 Å². The first kappa shape index (κ1) is 26.3. The van der Waals surface area contributed by atoms with Crippen LogP contribution in [0.25, 0.3) is 0 Å². The zero-order valence-electron chi connectivity index (χ0n) is 18.6. The van der Waals surface area contributed by atoms with Gasteiger partial charge in [0.15, 0.2) is 0 Å². The third-order valence-corrected chi connectivity index (χ3v) is 5.30. The molecule has 0 heterocycles. The van der Waals surface area contributed by atoms with Crippen molar-refractivity contribution in [1.82, 2.24) is 0 Å². The fourth-order valence-electron chi connectivity index (χ4n) is 2.66. The van der Waals surface area contributed by atoms with Crippen LogP contribution in [0.3, 0.4) is 0 Å². The van der Waals surface area contributed by atoms with Crippen LogP contribution in [0.1, 0.15) is 81.0 Å². The SMILES string of the molecule is CCCCOC(=O)c1ccccc1C(=O)[O][Ti][O]C(=O)c1ccccc1C(=O)OCCCC. The van der Waals surface area contributed by atoms with Gasteiger partial charge in [0, 0.05) is 0 Å². The van der Waals surface area contributed by atoms with Gasteiger partial charge in [-0.2, -0.15) is 0 Å². The van der Waals surface area contributed by atoms with E-state index in [0.29, 0.717) is 12.8 Å². The van der Waals surface area contributed by atoms with Crippen LogP contribution < -0.4 is 0 Å². The number of rotatable bonds is 12. The molecule has 0 aromatic heterocycles. The van der Waals surface area contributed by atoms with Gasteiger partial charge in [-0.05, 0) is 0 Å². The minimum absolute atomic E-state index is 0.0266. The van der Waals surface area contributed by atoms with E-state index in [1.165, 1.54) is 24.3 Å². The van der Waals surface area contributed by atoms with E-state index >= 15 is 0 Å². The zero-order valence-corrected chi connectivity index (χ0v) is 20.2. The molecule has 0 N–H and O–H groups in total. The van der Waals surface area contributed by atoms with Gasteiger partial charge in [-0.15, -0.1) is 0 Å². The Bertz CT molecular complexity index is 895. The molecular weight excluding hydrogens is 464 g/mol. The van der Waals surface area contributed by atoms with Gasteiger partial charge >= 0.3 is 203 Å². The van der Waals surface area contributed by atoms with Crippen LogP contribution in [0.4, 0.5) is 0 Å². The molecule has 2 rings (SSSR count). The summed E-state index contributed by atoms with van der Waals surface area (Å²) in [5.74, 6) is -2.83. The Hall–Kier alpha value is -2.97. The Morgan fingerprint density at radius 1 is 0.606 bits per heavy atom. The first-order valence-corrected chi connectivity index (χ1v) is 12.0. The van der Waals surface area contributed by atoms with E-state index in [9.17, 15) is 19.2 Å². The van der Waals surface area contributed by atoms with Crippen molar-refractivity contribution in [2.75, 3.05) is 13.2 Å². The minimum atomic E-state index is -1.96. The summed E-state index contributed by atoms with van der Waals surface area (Å²) in [4.78, 5) is 49.5. The van der Waals surface area contributed by atoms with Crippen LogP contribution in [0.5, 0.6) is 0 Å². The second-order valence-electron chi connectivity index (χ2n) is 6.93. The Kier molecular flexibility index (Phi) is 11.3. The number of esters is 2. The molecule has 0 saturated carbocycles. The maximum atomic E-state index is 12.5. The Morgan fingerprint density at radius 3 is 1.27 bits per heavy atom. The second kappa shape index (κ2) is 14.2. The number of unbranched alkanes of at least 4 members (excludes halogenated alkanes) is 2. The van der Waals surface area contributed by atoms with E-state index in [0.717, 1.165) is 12.8 Å². The summed E-state index contributed by atoms with van der Waals surface area (Å²) in [7, 11) is 0. The summed E-state index contributed by atoms with van der Waals surface area (Å²) in [6.07, 6.45) is 3.17.